The molecule has 0 saturated carbocycles. The highest BCUT2D eigenvalue weighted by atomic mass is 35.5. The van der Waals surface area contributed by atoms with E-state index in [0.717, 1.165) is 0 Å². The van der Waals surface area contributed by atoms with Crippen LogP contribution in [0.1, 0.15) is 11.6 Å². The minimum atomic E-state index is -4.20. The minimum Gasteiger partial charge on any atom is -0.314 e. The van der Waals surface area contributed by atoms with Crippen LogP contribution in [0.15, 0.2) is 16.8 Å². The fraction of sp³-hybridized carbons (Fsp3) is 0.600. The van der Waals surface area contributed by atoms with Crippen LogP contribution in [0, 0.1) is 0 Å². The van der Waals surface area contributed by atoms with E-state index in [0.29, 0.717) is 31.7 Å². The Morgan fingerprint density at radius 2 is 1.83 bits per heavy atom. The van der Waals surface area contributed by atoms with Gasteiger partial charge in [-0.05, 0) is 22.4 Å². The molecule has 1 aromatic rings. The molecule has 0 aliphatic carbocycles. The van der Waals surface area contributed by atoms with E-state index >= 15 is 0 Å². The van der Waals surface area contributed by atoms with Crippen molar-refractivity contribution in [3.8, 4) is 0 Å². The summed E-state index contributed by atoms with van der Waals surface area (Å²) in [6, 6.07) is 0.117. The molecule has 1 aliphatic rings. The highest BCUT2D eigenvalue weighted by Gasteiger charge is 2.44. The Morgan fingerprint density at radius 1 is 1.22 bits per heavy atom. The summed E-state index contributed by atoms with van der Waals surface area (Å²) < 4.78 is 39.0. The molecule has 0 amide bonds. The molecular weight excluding hydrogens is 308 g/mol. The first-order valence-electron chi connectivity index (χ1n) is 5.12. The summed E-state index contributed by atoms with van der Waals surface area (Å²) in [5, 5.41) is 6.33. The average Bonchev–Trinajstić information content (AvgIpc) is 2.71. The molecule has 0 radical (unpaired) electrons. The van der Waals surface area contributed by atoms with E-state index < -0.39 is 12.2 Å². The number of nitrogens with zero attached hydrogens (tertiary/aromatic N) is 1. The average molecular weight is 323 g/mol. The number of hydrogen-bond donors (Lipinski definition) is 1. The number of rotatable bonds is 2. The van der Waals surface area contributed by atoms with E-state index in [2.05, 4.69) is 5.32 Å². The molecule has 2 nitrogen and oxygen atoms in total. The SMILES string of the molecule is Cl.Cl.FC(F)(F)[C@@H](c1ccsc1)N1CCNCC1. The van der Waals surface area contributed by atoms with Crippen LogP contribution in [0.5, 0.6) is 0 Å². The largest absolute Gasteiger partial charge is 0.408 e. The van der Waals surface area contributed by atoms with Crippen LogP contribution in [0.3, 0.4) is 0 Å². The normalized spacial score (nSPS) is 18.6. The summed E-state index contributed by atoms with van der Waals surface area (Å²) in [4.78, 5) is 1.50. The van der Waals surface area contributed by atoms with Crippen LogP contribution in [0.25, 0.3) is 0 Å². The summed E-state index contributed by atoms with van der Waals surface area (Å²) in [6.45, 7) is 2.13. The third-order valence-corrected chi connectivity index (χ3v) is 3.39. The molecule has 8 heteroatoms. The highest BCUT2D eigenvalue weighted by Crippen LogP contribution is 2.38. The van der Waals surface area contributed by atoms with Gasteiger partial charge in [0.25, 0.3) is 0 Å². The van der Waals surface area contributed by atoms with Crippen LogP contribution in [0.2, 0.25) is 0 Å². The summed E-state index contributed by atoms with van der Waals surface area (Å²) in [5.41, 5.74) is 0.361. The maximum Gasteiger partial charge on any atom is 0.408 e. The summed E-state index contributed by atoms with van der Waals surface area (Å²) in [5.74, 6) is 0. The fourth-order valence-corrected chi connectivity index (χ4v) is 2.66. The molecule has 0 unspecified atom stereocenters. The van der Waals surface area contributed by atoms with E-state index in [9.17, 15) is 13.2 Å². The lowest BCUT2D eigenvalue weighted by molar-refractivity contribution is -0.187. The van der Waals surface area contributed by atoms with Gasteiger partial charge in [0.15, 0.2) is 0 Å². The number of nitrogens with one attached hydrogen (secondary N) is 1. The number of piperazine rings is 1. The maximum absolute atomic E-state index is 13.0. The van der Waals surface area contributed by atoms with Crippen LogP contribution >= 0.6 is 36.2 Å². The summed E-state index contributed by atoms with van der Waals surface area (Å²) in [7, 11) is 0. The van der Waals surface area contributed by atoms with Crippen molar-refractivity contribution >= 4 is 36.2 Å². The van der Waals surface area contributed by atoms with E-state index in [1.54, 1.807) is 16.8 Å². The highest BCUT2D eigenvalue weighted by molar-refractivity contribution is 7.07. The molecule has 1 atom stereocenters. The minimum absolute atomic E-state index is 0. The van der Waals surface area contributed by atoms with Gasteiger partial charge in [0, 0.05) is 26.2 Å². The maximum atomic E-state index is 13.0. The first kappa shape index (κ1) is 18.0. The molecule has 1 fully saturated rings. The van der Waals surface area contributed by atoms with Crippen molar-refractivity contribution in [2.24, 2.45) is 0 Å². The molecule has 1 aliphatic heterocycles. The molecule has 1 saturated heterocycles. The van der Waals surface area contributed by atoms with Gasteiger partial charge in [-0.25, -0.2) is 0 Å². The molecule has 0 aromatic carbocycles. The quantitative estimate of drug-likeness (QED) is 0.900. The number of thiophene rings is 1. The van der Waals surface area contributed by atoms with E-state index in [-0.39, 0.29) is 24.8 Å². The predicted octanol–water partition coefficient (Wildman–Crippen LogP) is 3.10. The van der Waals surface area contributed by atoms with Gasteiger partial charge in [-0.3, -0.25) is 4.90 Å². The molecule has 0 bridgehead atoms. The molecule has 106 valence electrons. The lowest BCUT2D eigenvalue weighted by atomic mass is 10.1. The van der Waals surface area contributed by atoms with E-state index in [4.69, 9.17) is 0 Å². The van der Waals surface area contributed by atoms with Gasteiger partial charge < -0.3 is 5.32 Å². The Hall–Kier alpha value is -0.0100. The smallest absolute Gasteiger partial charge is 0.314 e. The van der Waals surface area contributed by atoms with Crippen molar-refractivity contribution in [3.05, 3.63) is 22.4 Å². The molecule has 1 N–H and O–H groups in total. The van der Waals surface area contributed by atoms with Gasteiger partial charge in [-0.1, -0.05) is 0 Å². The van der Waals surface area contributed by atoms with Crippen molar-refractivity contribution in [2.75, 3.05) is 26.2 Å². The zero-order valence-corrected chi connectivity index (χ0v) is 11.9. The Balaban J connectivity index is 0.00000144. The third-order valence-electron chi connectivity index (χ3n) is 2.69. The summed E-state index contributed by atoms with van der Waals surface area (Å²) in [6.07, 6.45) is -4.20. The number of alkyl halides is 3. The predicted molar refractivity (Wildman–Crippen MR) is 72.1 cm³/mol. The Labute approximate surface area is 120 Å². The third kappa shape index (κ3) is 4.28. The Kier molecular flexibility index (Phi) is 7.54. The van der Waals surface area contributed by atoms with Crippen molar-refractivity contribution in [2.45, 2.75) is 12.2 Å². The zero-order chi connectivity index (χ0) is 11.6. The molecule has 2 rings (SSSR count). The summed E-state index contributed by atoms with van der Waals surface area (Å²) >= 11 is 1.31. The van der Waals surface area contributed by atoms with Crippen LogP contribution in [-0.4, -0.2) is 37.3 Å². The lowest BCUT2D eigenvalue weighted by Crippen LogP contribution is -2.48. The van der Waals surface area contributed by atoms with Gasteiger partial charge >= 0.3 is 6.18 Å². The molecule has 1 aromatic heterocycles. The van der Waals surface area contributed by atoms with Crippen LogP contribution < -0.4 is 5.32 Å². The monoisotopic (exact) mass is 322 g/mol. The Bertz CT molecular complexity index is 326. The Morgan fingerprint density at radius 3 is 2.28 bits per heavy atom. The second-order valence-electron chi connectivity index (χ2n) is 3.79. The lowest BCUT2D eigenvalue weighted by Gasteiger charge is -2.35. The zero-order valence-electron chi connectivity index (χ0n) is 9.44. The van der Waals surface area contributed by atoms with Gasteiger partial charge in [0.1, 0.15) is 6.04 Å². The van der Waals surface area contributed by atoms with Gasteiger partial charge in [0.2, 0.25) is 0 Å². The first-order chi connectivity index (χ1) is 7.59. The second kappa shape index (κ2) is 7.55. The first-order valence-corrected chi connectivity index (χ1v) is 6.07. The van der Waals surface area contributed by atoms with E-state index in [1.165, 1.54) is 16.2 Å². The van der Waals surface area contributed by atoms with Crippen molar-refractivity contribution in [1.82, 2.24) is 10.2 Å². The van der Waals surface area contributed by atoms with Crippen LogP contribution in [-0.2, 0) is 0 Å². The van der Waals surface area contributed by atoms with Gasteiger partial charge in [0.05, 0.1) is 0 Å². The fourth-order valence-electron chi connectivity index (χ4n) is 1.98. The molecule has 18 heavy (non-hydrogen) atoms. The van der Waals surface area contributed by atoms with E-state index in [1.807, 2.05) is 0 Å². The van der Waals surface area contributed by atoms with Gasteiger partial charge in [-0.15, -0.1) is 24.8 Å². The topological polar surface area (TPSA) is 15.3 Å². The van der Waals surface area contributed by atoms with Crippen LogP contribution in [0.4, 0.5) is 13.2 Å². The van der Waals surface area contributed by atoms with Gasteiger partial charge in [-0.2, -0.15) is 24.5 Å². The molecule has 0 spiro atoms. The second-order valence-corrected chi connectivity index (χ2v) is 4.57. The molecular formula is C10H15Cl2F3N2S. The number of hydrogen-bond acceptors (Lipinski definition) is 3. The standard InChI is InChI=1S/C10H13F3N2S.2ClH/c11-10(12,13)9(8-1-6-16-7-8)15-4-2-14-3-5-15;;/h1,6-7,9,14H,2-5H2;2*1H/t9-;;/m1../s1. The van der Waals surface area contributed by atoms with Crippen molar-refractivity contribution < 1.29 is 13.2 Å². The van der Waals surface area contributed by atoms with Crippen molar-refractivity contribution in [3.63, 3.8) is 0 Å². The number of halogens is 5. The van der Waals surface area contributed by atoms with Crippen molar-refractivity contribution in [1.29, 1.82) is 0 Å². The molecule has 2 heterocycles.